The number of thiophene rings is 1. The monoisotopic (exact) mass is 360 g/mol. The van der Waals surface area contributed by atoms with Crippen LogP contribution in [0.4, 0.5) is 0 Å². The summed E-state index contributed by atoms with van der Waals surface area (Å²) in [6, 6.07) is 10.00. The lowest BCUT2D eigenvalue weighted by molar-refractivity contribution is 0.0584. The number of benzene rings is 1. The molecule has 0 spiro atoms. The van der Waals surface area contributed by atoms with Crippen LogP contribution >= 0.6 is 11.3 Å². The van der Waals surface area contributed by atoms with Crippen molar-refractivity contribution in [1.82, 2.24) is 9.80 Å². The van der Waals surface area contributed by atoms with Gasteiger partial charge in [-0.05, 0) is 36.6 Å². The van der Waals surface area contributed by atoms with Crippen molar-refractivity contribution in [2.75, 3.05) is 40.4 Å². The molecule has 1 aromatic carbocycles. The molecule has 134 valence electrons. The number of carbonyl (C=O) groups is 1. The van der Waals surface area contributed by atoms with Gasteiger partial charge in [0.1, 0.15) is 0 Å². The van der Waals surface area contributed by atoms with Gasteiger partial charge in [-0.25, -0.2) is 0 Å². The third-order valence-electron chi connectivity index (χ3n) is 4.73. The Morgan fingerprint density at radius 1 is 1.08 bits per heavy atom. The predicted molar refractivity (Wildman–Crippen MR) is 99.8 cm³/mol. The Hall–Kier alpha value is -2.05. The second kappa shape index (κ2) is 7.89. The molecule has 5 nitrogen and oxygen atoms in total. The molecule has 1 aliphatic heterocycles. The van der Waals surface area contributed by atoms with E-state index in [9.17, 15) is 4.79 Å². The van der Waals surface area contributed by atoms with Crippen molar-refractivity contribution in [3.05, 3.63) is 46.2 Å². The first-order valence-electron chi connectivity index (χ1n) is 8.42. The average molecular weight is 360 g/mol. The summed E-state index contributed by atoms with van der Waals surface area (Å²) in [5.41, 5.74) is 0.636. The lowest BCUT2D eigenvalue weighted by atomic mass is 10.1. The zero-order chi connectivity index (χ0) is 17.8. The Balaban J connectivity index is 1.63. The third kappa shape index (κ3) is 3.80. The van der Waals surface area contributed by atoms with Crippen LogP contribution in [-0.4, -0.2) is 56.1 Å². The fourth-order valence-electron chi connectivity index (χ4n) is 3.17. The molecule has 25 heavy (non-hydrogen) atoms. The van der Waals surface area contributed by atoms with Gasteiger partial charge in [-0.2, -0.15) is 0 Å². The molecule has 3 rings (SSSR count). The van der Waals surface area contributed by atoms with Crippen LogP contribution in [0.15, 0.2) is 35.7 Å². The molecule has 1 saturated heterocycles. The Morgan fingerprint density at radius 3 is 2.40 bits per heavy atom. The van der Waals surface area contributed by atoms with Gasteiger partial charge in [-0.1, -0.05) is 6.07 Å². The molecule has 2 aromatic rings. The molecule has 6 heteroatoms. The lowest BCUT2D eigenvalue weighted by Gasteiger charge is -2.37. The molecule has 1 aliphatic rings. The Kier molecular flexibility index (Phi) is 5.60. The summed E-state index contributed by atoms with van der Waals surface area (Å²) in [4.78, 5) is 18.5. The normalized spacial score (nSPS) is 16.5. The van der Waals surface area contributed by atoms with E-state index in [-0.39, 0.29) is 5.91 Å². The van der Waals surface area contributed by atoms with Gasteiger partial charge in [-0.15, -0.1) is 11.3 Å². The molecule has 0 bridgehead atoms. The van der Waals surface area contributed by atoms with Crippen molar-refractivity contribution in [3.8, 4) is 11.5 Å². The van der Waals surface area contributed by atoms with Gasteiger partial charge in [0.15, 0.2) is 11.5 Å². The first-order valence-corrected chi connectivity index (χ1v) is 9.30. The maximum Gasteiger partial charge on any atom is 0.254 e. The van der Waals surface area contributed by atoms with Crippen LogP contribution in [0.5, 0.6) is 11.5 Å². The zero-order valence-electron chi connectivity index (χ0n) is 14.9. The van der Waals surface area contributed by atoms with Crippen LogP contribution in [0.1, 0.15) is 28.2 Å². The van der Waals surface area contributed by atoms with Crippen molar-refractivity contribution in [3.63, 3.8) is 0 Å². The quantitative estimate of drug-likeness (QED) is 0.821. The number of amides is 1. The Morgan fingerprint density at radius 2 is 1.80 bits per heavy atom. The first kappa shape index (κ1) is 17.8. The summed E-state index contributed by atoms with van der Waals surface area (Å²) in [5.74, 6) is 1.26. The minimum atomic E-state index is 0.0457. The molecular weight excluding hydrogens is 336 g/mol. The summed E-state index contributed by atoms with van der Waals surface area (Å²) in [6.07, 6.45) is 0. The fourth-order valence-corrected chi connectivity index (χ4v) is 3.99. The molecule has 0 radical (unpaired) electrons. The summed E-state index contributed by atoms with van der Waals surface area (Å²) in [6.45, 7) is 5.49. The molecule has 0 aliphatic carbocycles. The number of hydrogen-bond acceptors (Lipinski definition) is 5. The van der Waals surface area contributed by atoms with Crippen LogP contribution in [0.2, 0.25) is 0 Å². The van der Waals surface area contributed by atoms with Crippen LogP contribution in [0.25, 0.3) is 0 Å². The number of methoxy groups -OCH3 is 2. The van der Waals surface area contributed by atoms with E-state index < -0.39 is 0 Å². The number of ether oxygens (including phenoxy) is 2. The van der Waals surface area contributed by atoms with Crippen LogP contribution in [0.3, 0.4) is 0 Å². The van der Waals surface area contributed by atoms with E-state index in [0.29, 0.717) is 23.1 Å². The molecule has 1 atom stereocenters. The topological polar surface area (TPSA) is 42.0 Å². The Bertz CT molecular complexity index is 709. The molecule has 1 aromatic heterocycles. The van der Waals surface area contributed by atoms with Gasteiger partial charge < -0.3 is 14.4 Å². The van der Waals surface area contributed by atoms with Gasteiger partial charge in [0.05, 0.1) is 14.2 Å². The highest BCUT2D eigenvalue weighted by molar-refractivity contribution is 7.10. The maximum absolute atomic E-state index is 12.8. The lowest BCUT2D eigenvalue weighted by Crippen LogP contribution is -2.49. The highest BCUT2D eigenvalue weighted by Gasteiger charge is 2.26. The smallest absolute Gasteiger partial charge is 0.254 e. The number of nitrogens with zero attached hydrogens (tertiary/aromatic N) is 2. The maximum atomic E-state index is 12.8. The van der Waals surface area contributed by atoms with Gasteiger partial charge in [0.25, 0.3) is 5.91 Å². The second-order valence-corrected chi connectivity index (χ2v) is 7.07. The first-order chi connectivity index (χ1) is 12.1. The number of carbonyl (C=O) groups excluding carboxylic acids is 1. The number of hydrogen-bond donors (Lipinski definition) is 0. The van der Waals surface area contributed by atoms with E-state index in [1.807, 2.05) is 4.90 Å². The van der Waals surface area contributed by atoms with E-state index in [1.165, 1.54) is 4.88 Å². The van der Waals surface area contributed by atoms with Gasteiger partial charge in [0.2, 0.25) is 0 Å². The van der Waals surface area contributed by atoms with Crippen molar-refractivity contribution in [1.29, 1.82) is 0 Å². The zero-order valence-corrected chi connectivity index (χ0v) is 15.7. The Labute approximate surface area is 152 Å². The second-order valence-electron chi connectivity index (χ2n) is 6.09. The van der Waals surface area contributed by atoms with Crippen molar-refractivity contribution >= 4 is 17.2 Å². The minimum absolute atomic E-state index is 0.0457. The van der Waals surface area contributed by atoms with E-state index in [2.05, 4.69) is 29.3 Å². The summed E-state index contributed by atoms with van der Waals surface area (Å²) in [5, 5.41) is 2.11. The van der Waals surface area contributed by atoms with Gasteiger partial charge >= 0.3 is 0 Å². The summed E-state index contributed by atoms with van der Waals surface area (Å²) < 4.78 is 10.5. The van der Waals surface area contributed by atoms with Crippen molar-refractivity contribution < 1.29 is 14.3 Å². The van der Waals surface area contributed by atoms with E-state index >= 15 is 0 Å². The molecule has 1 fully saturated rings. The summed E-state index contributed by atoms with van der Waals surface area (Å²) in [7, 11) is 3.17. The van der Waals surface area contributed by atoms with Crippen LogP contribution < -0.4 is 9.47 Å². The third-order valence-corrected chi connectivity index (χ3v) is 5.78. The molecular formula is C19H24N2O3S. The molecule has 1 amide bonds. The fraction of sp³-hybridized carbons (Fsp3) is 0.421. The number of rotatable bonds is 5. The number of piperazine rings is 1. The largest absolute Gasteiger partial charge is 0.493 e. The molecule has 0 N–H and O–H groups in total. The average Bonchev–Trinajstić information content (AvgIpc) is 3.21. The standard InChI is InChI=1S/C19H24N2O3S/c1-14(18-5-4-12-25-18)20-8-10-21(11-9-20)19(22)15-6-7-16(23-2)17(13-15)24-3/h4-7,12-14H,8-11H2,1-3H3. The molecule has 1 unspecified atom stereocenters. The van der Waals surface area contributed by atoms with E-state index in [0.717, 1.165) is 26.2 Å². The van der Waals surface area contributed by atoms with E-state index in [4.69, 9.17) is 9.47 Å². The van der Waals surface area contributed by atoms with Gasteiger partial charge in [0, 0.05) is 42.7 Å². The highest BCUT2D eigenvalue weighted by atomic mass is 32.1. The van der Waals surface area contributed by atoms with E-state index in [1.54, 1.807) is 43.8 Å². The van der Waals surface area contributed by atoms with Crippen LogP contribution in [0, 0.1) is 0 Å². The molecule has 0 saturated carbocycles. The van der Waals surface area contributed by atoms with Crippen LogP contribution in [-0.2, 0) is 0 Å². The predicted octanol–water partition coefficient (Wildman–Crippen LogP) is 3.28. The van der Waals surface area contributed by atoms with Crippen molar-refractivity contribution in [2.45, 2.75) is 13.0 Å². The SMILES string of the molecule is COc1ccc(C(=O)N2CCN(C(C)c3cccs3)CC2)cc1OC. The minimum Gasteiger partial charge on any atom is -0.493 e. The van der Waals surface area contributed by atoms with Gasteiger partial charge in [-0.3, -0.25) is 9.69 Å². The highest BCUT2D eigenvalue weighted by Crippen LogP contribution is 2.29. The van der Waals surface area contributed by atoms with Crippen molar-refractivity contribution in [2.24, 2.45) is 0 Å². The molecule has 2 heterocycles. The summed E-state index contributed by atoms with van der Waals surface area (Å²) >= 11 is 1.79.